The van der Waals surface area contributed by atoms with Gasteiger partial charge in [0.1, 0.15) is 12.4 Å². The molecule has 0 aliphatic rings. The summed E-state index contributed by atoms with van der Waals surface area (Å²) in [5.74, 6) is -0.124. The van der Waals surface area contributed by atoms with E-state index in [4.69, 9.17) is 9.47 Å². The Labute approximate surface area is 217 Å². The largest absolute Gasteiger partial charge is 0.497 e. The highest BCUT2D eigenvalue weighted by Crippen LogP contribution is 2.25. The van der Waals surface area contributed by atoms with Crippen molar-refractivity contribution < 1.29 is 27.6 Å². The Balaban J connectivity index is 1.87. The molecule has 0 amide bonds. The predicted octanol–water partition coefficient (Wildman–Crippen LogP) is 4.97. The Hall–Kier alpha value is -3.54. The molecule has 0 aromatic heterocycles. The lowest BCUT2D eigenvalue weighted by Gasteiger charge is -2.29. The number of ether oxygens (including phenoxy) is 2. The summed E-state index contributed by atoms with van der Waals surface area (Å²) < 4.78 is 39.7. The van der Waals surface area contributed by atoms with Crippen molar-refractivity contribution in [2.24, 2.45) is 0 Å². The Morgan fingerprint density at radius 1 is 1.08 bits per heavy atom. The fourth-order valence-corrected chi connectivity index (χ4v) is 5.10. The van der Waals surface area contributed by atoms with Crippen LogP contribution in [0.25, 0.3) is 0 Å². The van der Waals surface area contributed by atoms with Crippen molar-refractivity contribution in [2.45, 2.75) is 17.5 Å². The fourth-order valence-electron chi connectivity index (χ4n) is 3.27. The van der Waals surface area contributed by atoms with E-state index in [-0.39, 0.29) is 29.3 Å². The van der Waals surface area contributed by atoms with Crippen LogP contribution >= 0.6 is 15.9 Å². The molecular formula is C25H23BrN2O7S. The lowest BCUT2D eigenvalue weighted by molar-refractivity contribution is -0.384. The van der Waals surface area contributed by atoms with Gasteiger partial charge in [0.15, 0.2) is 0 Å². The highest BCUT2D eigenvalue weighted by atomic mass is 79.9. The summed E-state index contributed by atoms with van der Waals surface area (Å²) in [5, 5.41) is 10.8. The summed E-state index contributed by atoms with van der Waals surface area (Å²) in [4.78, 5) is 22.9. The topological polar surface area (TPSA) is 116 Å². The minimum Gasteiger partial charge on any atom is -0.497 e. The van der Waals surface area contributed by atoms with Crippen LogP contribution in [0.1, 0.15) is 15.9 Å². The molecule has 0 unspecified atom stereocenters. The number of nitrogens with zero attached hydrogens (tertiary/aromatic N) is 2. The number of hydrogen-bond donors (Lipinski definition) is 0. The number of carbonyl (C=O) groups is 1. The quantitative estimate of drug-likeness (QED) is 0.137. The molecule has 1 atom stereocenters. The monoisotopic (exact) mass is 574 g/mol. The van der Waals surface area contributed by atoms with E-state index in [9.17, 15) is 23.3 Å². The molecule has 188 valence electrons. The van der Waals surface area contributed by atoms with Crippen LogP contribution in [0.3, 0.4) is 0 Å². The molecular weight excluding hydrogens is 552 g/mol. The number of benzene rings is 3. The molecule has 0 radical (unpaired) electrons. The van der Waals surface area contributed by atoms with Gasteiger partial charge in [0.25, 0.3) is 5.69 Å². The molecule has 0 bridgehead atoms. The maximum atomic E-state index is 13.6. The van der Waals surface area contributed by atoms with E-state index in [0.29, 0.717) is 11.3 Å². The molecule has 0 aliphatic heterocycles. The molecule has 3 aromatic rings. The first-order valence-electron chi connectivity index (χ1n) is 10.6. The van der Waals surface area contributed by atoms with E-state index < -0.39 is 27.0 Å². The Morgan fingerprint density at radius 2 is 1.69 bits per heavy atom. The molecule has 0 fully saturated rings. The van der Waals surface area contributed by atoms with E-state index in [1.54, 1.807) is 36.4 Å². The zero-order valence-electron chi connectivity index (χ0n) is 19.2. The van der Waals surface area contributed by atoms with Crippen molar-refractivity contribution in [2.75, 3.05) is 13.7 Å². The van der Waals surface area contributed by atoms with Gasteiger partial charge in [0.2, 0.25) is 10.0 Å². The van der Waals surface area contributed by atoms with Gasteiger partial charge in [-0.25, -0.2) is 13.2 Å². The van der Waals surface area contributed by atoms with E-state index in [1.165, 1.54) is 53.9 Å². The standard InChI is InChI=1S/C25H23BrN2O7S/c1-3-21(17-35-25(29)19-6-10-22(11-7-19)28(30)31)27(16-18-4-12-23(34-2)13-5-18)36(32,33)24-14-8-20(26)9-15-24/h3-15,21H,1,16-17H2,2H3/t21-/m0/s1. The minimum atomic E-state index is -4.03. The summed E-state index contributed by atoms with van der Waals surface area (Å²) >= 11 is 3.30. The van der Waals surface area contributed by atoms with E-state index in [1.807, 2.05) is 0 Å². The van der Waals surface area contributed by atoms with Crippen molar-refractivity contribution in [1.82, 2.24) is 4.31 Å². The van der Waals surface area contributed by atoms with Crippen molar-refractivity contribution in [1.29, 1.82) is 0 Å². The van der Waals surface area contributed by atoms with E-state index >= 15 is 0 Å². The summed E-state index contributed by atoms with van der Waals surface area (Å²) in [7, 11) is -2.49. The predicted molar refractivity (Wildman–Crippen MR) is 137 cm³/mol. The third-order valence-corrected chi connectivity index (χ3v) is 7.67. The van der Waals surface area contributed by atoms with Gasteiger partial charge in [0, 0.05) is 23.2 Å². The number of sulfonamides is 1. The van der Waals surface area contributed by atoms with Gasteiger partial charge in [-0.05, 0) is 54.1 Å². The lowest BCUT2D eigenvalue weighted by Crippen LogP contribution is -2.41. The van der Waals surface area contributed by atoms with Crippen molar-refractivity contribution >= 4 is 37.6 Å². The molecule has 9 nitrogen and oxygen atoms in total. The van der Waals surface area contributed by atoms with Crippen molar-refractivity contribution in [3.63, 3.8) is 0 Å². The van der Waals surface area contributed by atoms with Crippen molar-refractivity contribution in [3.8, 4) is 5.75 Å². The molecule has 3 rings (SSSR count). The smallest absolute Gasteiger partial charge is 0.338 e. The van der Waals surface area contributed by atoms with Crippen LogP contribution in [-0.4, -0.2) is 43.4 Å². The summed E-state index contributed by atoms with van der Waals surface area (Å²) in [5.41, 5.74) is 0.618. The molecule has 3 aromatic carbocycles. The van der Waals surface area contributed by atoms with Crippen LogP contribution in [-0.2, 0) is 21.3 Å². The molecule has 0 heterocycles. The number of halogens is 1. The molecule has 0 spiro atoms. The van der Waals surface area contributed by atoms with Crippen LogP contribution in [0, 0.1) is 10.1 Å². The number of rotatable bonds is 11. The third kappa shape index (κ3) is 6.56. The first-order valence-corrected chi connectivity index (χ1v) is 12.8. The zero-order valence-corrected chi connectivity index (χ0v) is 21.6. The van der Waals surface area contributed by atoms with Gasteiger partial charge in [-0.15, -0.1) is 6.58 Å². The zero-order chi connectivity index (χ0) is 26.3. The molecule has 0 saturated heterocycles. The molecule has 0 N–H and O–H groups in total. The van der Waals surface area contributed by atoms with Crippen molar-refractivity contribution in [3.05, 3.63) is 111 Å². The summed E-state index contributed by atoms with van der Waals surface area (Å²) in [6.45, 7) is 3.42. The van der Waals surface area contributed by atoms with Gasteiger partial charge >= 0.3 is 5.97 Å². The SMILES string of the molecule is C=C[C@@H](COC(=O)c1ccc([N+](=O)[O-])cc1)N(Cc1ccc(OC)cc1)S(=O)(=O)c1ccc(Br)cc1. The molecule has 11 heteroatoms. The first kappa shape index (κ1) is 27.1. The number of non-ortho nitro benzene ring substituents is 1. The number of nitro benzene ring substituents is 1. The maximum Gasteiger partial charge on any atom is 0.338 e. The van der Waals surface area contributed by atoms with Crippen LogP contribution in [0.2, 0.25) is 0 Å². The van der Waals surface area contributed by atoms with Crippen LogP contribution in [0.4, 0.5) is 5.69 Å². The van der Waals surface area contributed by atoms with Gasteiger partial charge < -0.3 is 9.47 Å². The van der Waals surface area contributed by atoms with E-state index in [2.05, 4.69) is 22.5 Å². The number of esters is 1. The van der Waals surface area contributed by atoms with Crippen LogP contribution in [0.5, 0.6) is 5.75 Å². The average molecular weight is 575 g/mol. The molecule has 0 aliphatic carbocycles. The average Bonchev–Trinajstić information content (AvgIpc) is 2.88. The number of hydrogen-bond acceptors (Lipinski definition) is 7. The van der Waals surface area contributed by atoms with Gasteiger partial charge in [-0.1, -0.05) is 34.1 Å². The highest BCUT2D eigenvalue weighted by Gasteiger charge is 2.31. The number of nitro groups is 1. The Bertz CT molecular complexity index is 1330. The normalized spacial score (nSPS) is 12.1. The maximum absolute atomic E-state index is 13.6. The fraction of sp³-hybridized carbons (Fsp3) is 0.160. The highest BCUT2D eigenvalue weighted by molar-refractivity contribution is 9.10. The minimum absolute atomic E-state index is 0.0197. The van der Waals surface area contributed by atoms with Gasteiger partial charge in [-0.3, -0.25) is 10.1 Å². The van der Waals surface area contributed by atoms with Crippen LogP contribution in [0.15, 0.2) is 94.8 Å². The second kappa shape index (κ2) is 11.9. The first-order chi connectivity index (χ1) is 17.1. The van der Waals surface area contributed by atoms with Gasteiger partial charge in [-0.2, -0.15) is 4.31 Å². The van der Waals surface area contributed by atoms with Crippen LogP contribution < -0.4 is 4.74 Å². The second-order valence-electron chi connectivity index (χ2n) is 7.56. The number of carbonyl (C=O) groups excluding carboxylic acids is 1. The Morgan fingerprint density at radius 3 is 2.22 bits per heavy atom. The summed E-state index contributed by atoms with van der Waals surface area (Å²) in [6, 6.07) is 17.1. The van der Waals surface area contributed by atoms with E-state index in [0.717, 1.165) is 4.47 Å². The molecule has 0 saturated carbocycles. The number of methoxy groups -OCH3 is 1. The second-order valence-corrected chi connectivity index (χ2v) is 10.4. The third-order valence-electron chi connectivity index (χ3n) is 5.26. The lowest BCUT2D eigenvalue weighted by atomic mass is 10.2. The molecule has 36 heavy (non-hydrogen) atoms. The summed E-state index contributed by atoms with van der Waals surface area (Å²) in [6.07, 6.45) is 1.39. The van der Waals surface area contributed by atoms with Gasteiger partial charge in [0.05, 0.1) is 28.5 Å². The Kier molecular flexibility index (Phi) is 8.97.